The van der Waals surface area contributed by atoms with E-state index >= 15 is 0 Å². The van der Waals surface area contributed by atoms with Crippen LogP contribution in [0.25, 0.3) is 75.8 Å². The zero-order chi connectivity index (χ0) is 31.6. The van der Waals surface area contributed by atoms with Crippen LogP contribution >= 0.6 is 11.3 Å². The second-order valence-electron chi connectivity index (χ2n) is 12.0. The van der Waals surface area contributed by atoms with Gasteiger partial charge in [0.05, 0.1) is 5.39 Å². The highest BCUT2D eigenvalue weighted by Crippen LogP contribution is 2.42. The Morgan fingerprint density at radius 2 is 1.10 bits per heavy atom. The van der Waals surface area contributed by atoms with Crippen LogP contribution in [0.5, 0.6) is 0 Å². The maximum atomic E-state index is 6.28. The molecule has 5 heteroatoms. The van der Waals surface area contributed by atoms with E-state index < -0.39 is 0 Å². The number of fused-ring (bicyclic) bond motifs is 8. The van der Waals surface area contributed by atoms with Crippen LogP contribution in [0, 0.1) is 0 Å². The fourth-order valence-electron chi connectivity index (χ4n) is 6.82. The fraction of sp³-hybridized carbons (Fsp3) is 0. The van der Waals surface area contributed by atoms with Crippen LogP contribution in [-0.4, -0.2) is 4.98 Å². The van der Waals surface area contributed by atoms with Crippen molar-refractivity contribution in [2.75, 3.05) is 4.90 Å². The third-order valence-electron chi connectivity index (χ3n) is 9.11. The molecule has 48 heavy (non-hydrogen) atoms. The molecular weight excluding hydrogens is 609 g/mol. The van der Waals surface area contributed by atoms with Gasteiger partial charge in [0.1, 0.15) is 16.7 Å². The molecule has 0 unspecified atom stereocenters. The summed E-state index contributed by atoms with van der Waals surface area (Å²) in [7, 11) is 0. The first kappa shape index (κ1) is 27.0. The molecule has 0 radical (unpaired) electrons. The van der Waals surface area contributed by atoms with Crippen molar-refractivity contribution in [1.29, 1.82) is 0 Å². The van der Waals surface area contributed by atoms with Gasteiger partial charge in [0, 0.05) is 48.2 Å². The van der Waals surface area contributed by atoms with Crippen molar-refractivity contribution in [3.63, 3.8) is 0 Å². The molecule has 4 nitrogen and oxygen atoms in total. The average Bonchev–Trinajstić information content (AvgIpc) is 3.85. The molecule has 0 bridgehead atoms. The van der Waals surface area contributed by atoms with Crippen LogP contribution in [0.15, 0.2) is 167 Å². The molecule has 0 fully saturated rings. The Morgan fingerprint density at radius 3 is 1.96 bits per heavy atom. The summed E-state index contributed by atoms with van der Waals surface area (Å²) in [5, 5.41) is 4.60. The SMILES string of the molecule is c1ccc(-c2nc3c(ccc4oc5ccc(-c6ccc(N(c7ccccc7)c7ccc8c(c7)sc7ccccc78)cc6)cc5c43)o2)cc1. The van der Waals surface area contributed by atoms with Crippen molar-refractivity contribution in [2.24, 2.45) is 0 Å². The van der Waals surface area contributed by atoms with Crippen LogP contribution in [0.3, 0.4) is 0 Å². The Balaban J connectivity index is 1.06. The van der Waals surface area contributed by atoms with E-state index in [2.05, 4.69) is 120 Å². The number of benzene rings is 7. The van der Waals surface area contributed by atoms with Crippen LogP contribution in [-0.2, 0) is 0 Å². The molecule has 3 heterocycles. The molecular formula is C43H26N2O2S. The first-order valence-corrected chi connectivity index (χ1v) is 16.8. The number of anilines is 3. The summed E-state index contributed by atoms with van der Waals surface area (Å²) in [4.78, 5) is 7.25. The molecule has 226 valence electrons. The Bertz CT molecular complexity index is 2780. The van der Waals surface area contributed by atoms with E-state index in [9.17, 15) is 0 Å². The third kappa shape index (κ3) is 4.33. The predicted octanol–water partition coefficient (Wildman–Crippen LogP) is 12.9. The quantitative estimate of drug-likeness (QED) is 0.189. The lowest BCUT2D eigenvalue weighted by molar-refractivity contribution is 0.619. The highest BCUT2D eigenvalue weighted by molar-refractivity contribution is 7.25. The van der Waals surface area contributed by atoms with E-state index in [0.717, 1.165) is 66.8 Å². The number of thiophene rings is 1. The van der Waals surface area contributed by atoms with Gasteiger partial charge in [-0.15, -0.1) is 11.3 Å². The lowest BCUT2D eigenvalue weighted by Crippen LogP contribution is -2.09. The Kier molecular flexibility index (Phi) is 6.01. The van der Waals surface area contributed by atoms with Crippen molar-refractivity contribution >= 4 is 81.6 Å². The van der Waals surface area contributed by atoms with Crippen molar-refractivity contribution in [3.05, 3.63) is 158 Å². The van der Waals surface area contributed by atoms with Gasteiger partial charge in [0.2, 0.25) is 5.89 Å². The van der Waals surface area contributed by atoms with Crippen LogP contribution < -0.4 is 4.90 Å². The largest absolute Gasteiger partial charge is 0.456 e. The maximum Gasteiger partial charge on any atom is 0.227 e. The van der Waals surface area contributed by atoms with Crippen LogP contribution in [0.2, 0.25) is 0 Å². The summed E-state index contributed by atoms with van der Waals surface area (Å²) in [6.07, 6.45) is 0. The monoisotopic (exact) mass is 634 g/mol. The Labute approximate surface area is 279 Å². The summed E-state index contributed by atoms with van der Waals surface area (Å²) in [6.45, 7) is 0. The maximum absolute atomic E-state index is 6.28. The zero-order valence-electron chi connectivity index (χ0n) is 25.6. The molecule has 0 saturated heterocycles. The molecule has 0 N–H and O–H groups in total. The summed E-state index contributed by atoms with van der Waals surface area (Å²) < 4.78 is 15.1. The van der Waals surface area contributed by atoms with Gasteiger partial charge in [0.25, 0.3) is 0 Å². The Hall–Kier alpha value is -6.17. The fourth-order valence-corrected chi connectivity index (χ4v) is 7.96. The van der Waals surface area contributed by atoms with Gasteiger partial charge < -0.3 is 13.7 Å². The summed E-state index contributed by atoms with van der Waals surface area (Å²) >= 11 is 1.84. The van der Waals surface area contributed by atoms with Gasteiger partial charge in [-0.2, -0.15) is 0 Å². The molecule has 0 spiro atoms. The molecule has 0 amide bonds. The average molecular weight is 635 g/mol. The van der Waals surface area contributed by atoms with E-state index in [0.29, 0.717) is 5.89 Å². The molecule has 10 aromatic rings. The molecule has 7 aromatic carbocycles. The van der Waals surface area contributed by atoms with Gasteiger partial charge >= 0.3 is 0 Å². The molecule has 10 rings (SSSR count). The lowest BCUT2D eigenvalue weighted by Gasteiger charge is -2.25. The Morgan fingerprint density at radius 1 is 0.438 bits per heavy atom. The second-order valence-corrected chi connectivity index (χ2v) is 13.1. The lowest BCUT2D eigenvalue weighted by atomic mass is 10.0. The topological polar surface area (TPSA) is 42.4 Å². The van der Waals surface area contributed by atoms with E-state index in [1.165, 1.54) is 20.2 Å². The number of oxazole rings is 1. The summed E-state index contributed by atoms with van der Waals surface area (Å²) in [6, 6.07) is 55.1. The number of hydrogen-bond acceptors (Lipinski definition) is 5. The van der Waals surface area contributed by atoms with Crippen molar-refractivity contribution < 1.29 is 8.83 Å². The van der Waals surface area contributed by atoms with Gasteiger partial charge in [-0.1, -0.05) is 78.9 Å². The minimum absolute atomic E-state index is 0.605. The van der Waals surface area contributed by atoms with Crippen molar-refractivity contribution in [2.45, 2.75) is 0 Å². The zero-order valence-corrected chi connectivity index (χ0v) is 26.4. The first-order chi connectivity index (χ1) is 23.8. The normalized spacial score (nSPS) is 11.8. The van der Waals surface area contributed by atoms with Crippen molar-refractivity contribution in [3.8, 4) is 22.6 Å². The highest BCUT2D eigenvalue weighted by Gasteiger charge is 2.18. The smallest absolute Gasteiger partial charge is 0.227 e. The first-order valence-electron chi connectivity index (χ1n) is 15.9. The molecule has 3 aromatic heterocycles. The van der Waals surface area contributed by atoms with Gasteiger partial charge in [-0.05, 0) is 90.0 Å². The third-order valence-corrected chi connectivity index (χ3v) is 10.2. The number of para-hydroxylation sites is 1. The van der Waals surface area contributed by atoms with Crippen LogP contribution in [0.1, 0.15) is 0 Å². The molecule has 0 saturated carbocycles. The van der Waals surface area contributed by atoms with E-state index in [-0.39, 0.29) is 0 Å². The summed E-state index contributed by atoms with van der Waals surface area (Å²) in [5.41, 5.74) is 9.70. The number of furan rings is 1. The standard InChI is InChI=1S/C43H26N2O2S/c1-3-9-28(10-4-1)43-44-42-38(47-43)24-23-37-41(42)35-25-29(17-22-36(35)46-37)27-15-18-31(19-16-27)45(30-11-5-2-6-12-30)32-20-21-34-33-13-7-8-14-39(33)48-40(34)26-32/h1-26H. The number of rotatable bonds is 5. The molecule has 0 aliphatic carbocycles. The van der Waals surface area contributed by atoms with Gasteiger partial charge in [0.15, 0.2) is 5.58 Å². The number of nitrogens with zero attached hydrogens (tertiary/aromatic N) is 2. The minimum atomic E-state index is 0.605. The van der Waals surface area contributed by atoms with Gasteiger partial charge in [-0.3, -0.25) is 0 Å². The van der Waals surface area contributed by atoms with Crippen molar-refractivity contribution in [1.82, 2.24) is 4.98 Å². The number of aromatic nitrogens is 1. The molecule has 0 aliphatic heterocycles. The number of hydrogen-bond donors (Lipinski definition) is 0. The van der Waals surface area contributed by atoms with E-state index in [1.807, 2.05) is 53.8 Å². The highest BCUT2D eigenvalue weighted by atomic mass is 32.1. The van der Waals surface area contributed by atoms with E-state index in [1.54, 1.807) is 0 Å². The summed E-state index contributed by atoms with van der Waals surface area (Å²) in [5.74, 6) is 0.605. The van der Waals surface area contributed by atoms with Crippen LogP contribution in [0.4, 0.5) is 17.1 Å². The minimum Gasteiger partial charge on any atom is -0.456 e. The molecule has 0 atom stereocenters. The molecule has 0 aliphatic rings. The van der Waals surface area contributed by atoms with Gasteiger partial charge in [-0.25, -0.2) is 4.98 Å². The predicted molar refractivity (Wildman–Crippen MR) is 200 cm³/mol. The van der Waals surface area contributed by atoms with E-state index in [4.69, 9.17) is 13.8 Å². The second kappa shape index (κ2) is 10.7.